The van der Waals surface area contributed by atoms with Crippen molar-refractivity contribution in [1.29, 1.82) is 0 Å². The molecule has 1 fully saturated rings. The van der Waals surface area contributed by atoms with Gasteiger partial charge in [-0.3, -0.25) is 9.10 Å². The lowest BCUT2D eigenvalue weighted by atomic mass is 10.1. The summed E-state index contributed by atoms with van der Waals surface area (Å²) >= 11 is 0. The SMILES string of the molecule is Cc1ccc(N([C@@H](C)C(=O)N2CCN(C)CC2)S(C)(=O)=O)cc1C. The molecule has 134 valence electrons. The van der Waals surface area contributed by atoms with Crippen molar-refractivity contribution in [3.8, 4) is 0 Å². The molecule has 0 spiro atoms. The van der Waals surface area contributed by atoms with Crippen LogP contribution in [0.4, 0.5) is 5.69 Å². The number of carbonyl (C=O) groups excluding carboxylic acids is 1. The van der Waals surface area contributed by atoms with Gasteiger partial charge in [0.2, 0.25) is 15.9 Å². The van der Waals surface area contributed by atoms with Crippen LogP contribution in [0.3, 0.4) is 0 Å². The van der Waals surface area contributed by atoms with Crippen LogP contribution in [0.1, 0.15) is 18.1 Å². The standard InChI is InChI=1S/C17H27N3O3S/c1-13-6-7-16(12-14(13)2)20(24(5,22)23)15(3)17(21)19-10-8-18(4)9-11-19/h6-7,12,15H,8-11H2,1-5H3/t15-/m0/s1. The molecule has 0 aromatic heterocycles. The van der Waals surface area contributed by atoms with Crippen LogP contribution in [0.5, 0.6) is 0 Å². The Balaban J connectivity index is 2.30. The maximum Gasteiger partial charge on any atom is 0.246 e. The molecular weight excluding hydrogens is 326 g/mol. The molecule has 1 atom stereocenters. The van der Waals surface area contributed by atoms with E-state index in [1.807, 2.05) is 33.0 Å². The largest absolute Gasteiger partial charge is 0.338 e. The maximum atomic E-state index is 12.8. The summed E-state index contributed by atoms with van der Waals surface area (Å²) in [5.74, 6) is -0.147. The number of rotatable bonds is 4. The Hall–Kier alpha value is -1.60. The number of amides is 1. The monoisotopic (exact) mass is 353 g/mol. The second-order valence-corrected chi connectivity index (χ2v) is 8.49. The molecule has 0 radical (unpaired) electrons. The van der Waals surface area contributed by atoms with Gasteiger partial charge >= 0.3 is 0 Å². The average Bonchev–Trinajstić information content (AvgIpc) is 2.49. The third-order valence-electron chi connectivity index (χ3n) is 4.63. The Morgan fingerprint density at radius 2 is 1.71 bits per heavy atom. The van der Waals surface area contributed by atoms with E-state index in [2.05, 4.69) is 4.90 Å². The minimum atomic E-state index is -3.57. The minimum Gasteiger partial charge on any atom is -0.338 e. The van der Waals surface area contributed by atoms with E-state index in [4.69, 9.17) is 0 Å². The van der Waals surface area contributed by atoms with Crippen molar-refractivity contribution in [3.05, 3.63) is 29.3 Å². The van der Waals surface area contributed by atoms with Crippen molar-refractivity contribution in [2.75, 3.05) is 43.8 Å². The van der Waals surface area contributed by atoms with Gasteiger partial charge in [0, 0.05) is 26.2 Å². The number of anilines is 1. The van der Waals surface area contributed by atoms with E-state index in [1.54, 1.807) is 17.9 Å². The van der Waals surface area contributed by atoms with Crippen LogP contribution in [0.2, 0.25) is 0 Å². The minimum absolute atomic E-state index is 0.147. The second-order valence-electron chi connectivity index (χ2n) is 6.63. The van der Waals surface area contributed by atoms with E-state index in [1.165, 1.54) is 4.31 Å². The number of hydrogen-bond acceptors (Lipinski definition) is 4. The van der Waals surface area contributed by atoms with Gasteiger partial charge in [-0.05, 0) is 51.1 Å². The number of piperazine rings is 1. The van der Waals surface area contributed by atoms with E-state index < -0.39 is 16.1 Å². The number of sulfonamides is 1. The molecule has 2 rings (SSSR count). The molecule has 1 heterocycles. The Kier molecular flexibility index (Phi) is 5.55. The summed E-state index contributed by atoms with van der Waals surface area (Å²) in [5, 5.41) is 0. The lowest BCUT2D eigenvalue weighted by Gasteiger charge is -2.37. The summed E-state index contributed by atoms with van der Waals surface area (Å²) in [6.07, 6.45) is 1.15. The van der Waals surface area contributed by atoms with Crippen molar-refractivity contribution < 1.29 is 13.2 Å². The van der Waals surface area contributed by atoms with E-state index in [9.17, 15) is 13.2 Å². The summed E-state index contributed by atoms with van der Waals surface area (Å²) < 4.78 is 25.9. The molecule has 0 unspecified atom stereocenters. The Labute approximate surface area is 145 Å². The fourth-order valence-electron chi connectivity index (χ4n) is 2.96. The summed E-state index contributed by atoms with van der Waals surface area (Å²) in [6.45, 7) is 8.45. The molecule has 1 amide bonds. The van der Waals surface area contributed by atoms with E-state index >= 15 is 0 Å². The van der Waals surface area contributed by atoms with Gasteiger partial charge in [-0.2, -0.15) is 0 Å². The normalized spacial score (nSPS) is 17.6. The van der Waals surface area contributed by atoms with Crippen LogP contribution in [0.25, 0.3) is 0 Å². The Bertz CT molecular complexity index is 710. The third kappa shape index (κ3) is 4.08. The molecule has 1 aliphatic heterocycles. The molecule has 7 heteroatoms. The molecule has 0 aliphatic carbocycles. The predicted molar refractivity (Wildman–Crippen MR) is 96.8 cm³/mol. The van der Waals surface area contributed by atoms with Gasteiger partial charge in [0.1, 0.15) is 6.04 Å². The van der Waals surface area contributed by atoms with Crippen molar-refractivity contribution in [1.82, 2.24) is 9.80 Å². The van der Waals surface area contributed by atoms with Crippen molar-refractivity contribution >= 4 is 21.6 Å². The quantitative estimate of drug-likeness (QED) is 0.817. The fraction of sp³-hybridized carbons (Fsp3) is 0.588. The van der Waals surface area contributed by atoms with Crippen LogP contribution in [0, 0.1) is 13.8 Å². The fourth-order valence-corrected chi connectivity index (χ4v) is 4.12. The Morgan fingerprint density at radius 1 is 1.12 bits per heavy atom. The van der Waals surface area contributed by atoms with Crippen LogP contribution in [-0.4, -0.2) is 69.6 Å². The zero-order valence-corrected chi connectivity index (χ0v) is 15.9. The summed E-state index contributed by atoms with van der Waals surface area (Å²) in [5.41, 5.74) is 2.63. The predicted octanol–water partition coefficient (Wildman–Crippen LogP) is 1.23. The van der Waals surface area contributed by atoms with Gasteiger partial charge in [0.05, 0.1) is 11.9 Å². The number of carbonyl (C=O) groups is 1. The van der Waals surface area contributed by atoms with Crippen LogP contribution < -0.4 is 4.31 Å². The highest BCUT2D eigenvalue weighted by atomic mass is 32.2. The smallest absolute Gasteiger partial charge is 0.246 e. The zero-order valence-electron chi connectivity index (χ0n) is 15.1. The van der Waals surface area contributed by atoms with Gasteiger partial charge in [0.15, 0.2) is 0 Å². The lowest BCUT2D eigenvalue weighted by molar-refractivity contribution is -0.133. The Morgan fingerprint density at radius 3 is 2.21 bits per heavy atom. The summed E-state index contributed by atoms with van der Waals surface area (Å²) in [6, 6.07) is 4.71. The molecular formula is C17H27N3O3S. The van der Waals surface area contributed by atoms with E-state index in [0.717, 1.165) is 30.5 Å². The topological polar surface area (TPSA) is 60.9 Å². The summed E-state index contributed by atoms with van der Waals surface area (Å²) in [4.78, 5) is 16.7. The highest BCUT2D eigenvalue weighted by Gasteiger charge is 2.33. The highest BCUT2D eigenvalue weighted by molar-refractivity contribution is 7.92. The lowest BCUT2D eigenvalue weighted by Crippen LogP contribution is -2.54. The molecule has 1 aromatic rings. The van der Waals surface area contributed by atoms with Crippen LogP contribution in [0.15, 0.2) is 18.2 Å². The van der Waals surface area contributed by atoms with Gasteiger partial charge in [-0.25, -0.2) is 8.42 Å². The van der Waals surface area contributed by atoms with Crippen LogP contribution in [-0.2, 0) is 14.8 Å². The van der Waals surface area contributed by atoms with Gasteiger partial charge < -0.3 is 9.80 Å². The number of likely N-dealkylation sites (N-methyl/N-ethyl adjacent to an activating group) is 1. The first-order chi connectivity index (χ1) is 11.1. The zero-order chi connectivity index (χ0) is 18.1. The van der Waals surface area contributed by atoms with Crippen molar-refractivity contribution in [2.45, 2.75) is 26.8 Å². The first-order valence-electron chi connectivity index (χ1n) is 8.15. The first-order valence-corrected chi connectivity index (χ1v) is 10.00. The molecule has 0 saturated carbocycles. The maximum absolute atomic E-state index is 12.8. The highest BCUT2D eigenvalue weighted by Crippen LogP contribution is 2.24. The van der Waals surface area contributed by atoms with Crippen molar-refractivity contribution in [2.24, 2.45) is 0 Å². The average molecular weight is 353 g/mol. The first kappa shape index (κ1) is 18.7. The van der Waals surface area contributed by atoms with Gasteiger partial charge in [0.25, 0.3) is 0 Å². The summed E-state index contributed by atoms with van der Waals surface area (Å²) in [7, 11) is -1.55. The van der Waals surface area contributed by atoms with E-state index in [-0.39, 0.29) is 5.91 Å². The van der Waals surface area contributed by atoms with E-state index in [0.29, 0.717) is 18.8 Å². The third-order valence-corrected chi connectivity index (χ3v) is 5.87. The van der Waals surface area contributed by atoms with Crippen molar-refractivity contribution in [3.63, 3.8) is 0 Å². The van der Waals surface area contributed by atoms with Gasteiger partial charge in [-0.15, -0.1) is 0 Å². The molecule has 0 bridgehead atoms. The molecule has 1 aliphatic rings. The van der Waals surface area contributed by atoms with Gasteiger partial charge in [-0.1, -0.05) is 6.07 Å². The molecule has 24 heavy (non-hydrogen) atoms. The molecule has 1 aromatic carbocycles. The number of aryl methyl sites for hydroxylation is 2. The van der Waals surface area contributed by atoms with Crippen LogP contribution >= 0.6 is 0 Å². The molecule has 6 nitrogen and oxygen atoms in total. The molecule has 1 saturated heterocycles. The second kappa shape index (κ2) is 7.11. The number of nitrogens with zero attached hydrogens (tertiary/aromatic N) is 3. The number of hydrogen-bond donors (Lipinski definition) is 0. The molecule has 0 N–H and O–H groups in total. The number of benzene rings is 1.